The summed E-state index contributed by atoms with van der Waals surface area (Å²) in [5, 5.41) is 9.66. The van der Waals surface area contributed by atoms with Gasteiger partial charge in [0.25, 0.3) is 0 Å². The molecule has 2 aromatic carbocycles. The molecule has 0 saturated carbocycles. The lowest BCUT2D eigenvalue weighted by Gasteiger charge is -2.40. The molecule has 7 heteroatoms. The summed E-state index contributed by atoms with van der Waals surface area (Å²) in [7, 11) is 0. The minimum Gasteiger partial charge on any atom is -0.480 e. The lowest BCUT2D eigenvalue weighted by molar-refractivity contribution is -0.145. The van der Waals surface area contributed by atoms with Crippen LogP contribution in [0.3, 0.4) is 0 Å². The van der Waals surface area contributed by atoms with Crippen molar-refractivity contribution in [3.63, 3.8) is 0 Å². The van der Waals surface area contributed by atoms with Crippen molar-refractivity contribution in [3.8, 4) is 0 Å². The Labute approximate surface area is 163 Å². The number of carboxylic acid groups (broad SMARTS) is 1. The second-order valence-electron chi connectivity index (χ2n) is 6.63. The van der Waals surface area contributed by atoms with Crippen molar-refractivity contribution in [2.24, 2.45) is 0 Å². The summed E-state index contributed by atoms with van der Waals surface area (Å²) >= 11 is 3.37. The van der Waals surface area contributed by atoms with Crippen molar-refractivity contribution in [3.05, 3.63) is 69.7 Å². The zero-order valence-corrected chi connectivity index (χ0v) is 16.0. The molecule has 1 aliphatic rings. The van der Waals surface area contributed by atoms with Gasteiger partial charge in [-0.3, -0.25) is 9.69 Å². The second kappa shape index (κ2) is 8.02. The van der Waals surface area contributed by atoms with Crippen LogP contribution in [0.4, 0.5) is 13.2 Å². The second-order valence-corrected chi connectivity index (χ2v) is 7.55. The minimum absolute atomic E-state index is 0.0799. The Kier molecular flexibility index (Phi) is 5.91. The number of piperidine rings is 1. The number of alkyl halides is 3. The van der Waals surface area contributed by atoms with Crippen molar-refractivity contribution in [1.29, 1.82) is 0 Å². The Morgan fingerprint density at radius 1 is 1.15 bits per heavy atom. The summed E-state index contributed by atoms with van der Waals surface area (Å²) in [4.78, 5) is 13.5. The van der Waals surface area contributed by atoms with Gasteiger partial charge >= 0.3 is 12.1 Å². The van der Waals surface area contributed by atoms with Gasteiger partial charge in [0.2, 0.25) is 0 Å². The number of benzene rings is 2. The van der Waals surface area contributed by atoms with E-state index in [1.54, 1.807) is 35.2 Å². The number of aliphatic carboxylic acids is 1. The highest BCUT2D eigenvalue weighted by atomic mass is 79.9. The molecule has 1 N–H and O–H groups in total. The zero-order valence-electron chi connectivity index (χ0n) is 14.4. The van der Waals surface area contributed by atoms with Gasteiger partial charge in [-0.2, -0.15) is 13.2 Å². The number of nitrogens with zero attached hydrogens (tertiary/aromatic N) is 1. The van der Waals surface area contributed by atoms with Crippen LogP contribution in [0.15, 0.2) is 53.0 Å². The van der Waals surface area contributed by atoms with E-state index in [0.717, 1.165) is 23.4 Å². The summed E-state index contributed by atoms with van der Waals surface area (Å²) in [5.74, 6) is -1.00. The van der Waals surface area contributed by atoms with Crippen LogP contribution >= 0.6 is 15.9 Å². The van der Waals surface area contributed by atoms with Crippen LogP contribution in [-0.4, -0.2) is 28.6 Å². The van der Waals surface area contributed by atoms with E-state index in [2.05, 4.69) is 15.9 Å². The molecule has 0 aliphatic carbocycles. The van der Waals surface area contributed by atoms with E-state index in [1.165, 1.54) is 12.1 Å². The topological polar surface area (TPSA) is 40.5 Å². The van der Waals surface area contributed by atoms with Gasteiger partial charge in [0.05, 0.1) is 11.6 Å². The van der Waals surface area contributed by atoms with Crippen LogP contribution in [0.5, 0.6) is 0 Å². The van der Waals surface area contributed by atoms with Gasteiger partial charge in [0.15, 0.2) is 0 Å². The fraction of sp³-hybridized carbons (Fsp3) is 0.350. The molecule has 3 nitrogen and oxygen atoms in total. The fourth-order valence-corrected chi connectivity index (χ4v) is 4.17. The van der Waals surface area contributed by atoms with Crippen LogP contribution in [0.1, 0.15) is 42.0 Å². The molecule has 1 fully saturated rings. The molecule has 27 heavy (non-hydrogen) atoms. The maximum Gasteiger partial charge on any atom is 0.416 e. The van der Waals surface area contributed by atoms with Crippen molar-refractivity contribution in [2.45, 2.75) is 37.5 Å². The molecule has 2 atom stereocenters. The number of hydrogen-bond acceptors (Lipinski definition) is 2. The Morgan fingerprint density at radius 2 is 1.89 bits per heavy atom. The number of hydrogen-bond donors (Lipinski definition) is 1. The van der Waals surface area contributed by atoms with E-state index in [1.807, 2.05) is 0 Å². The molecule has 0 bridgehead atoms. The molecule has 1 aliphatic heterocycles. The largest absolute Gasteiger partial charge is 0.480 e. The van der Waals surface area contributed by atoms with Crippen LogP contribution in [0.25, 0.3) is 0 Å². The Hall–Kier alpha value is -1.86. The van der Waals surface area contributed by atoms with Gasteiger partial charge in [-0.15, -0.1) is 0 Å². The smallest absolute Gasteiger partial charge is 0.416 e. The lowest BCUT2D eigenvalue weighted by Crippen LogP contribution is -2.47. The Balaban J connectivity index is 2.19. The third-order valence-corrected chi connectivity index (χ3v) is 5.38. The summed E-state index contributed by atoms with van der Waals surface area (Å²) in [6.07, 6.45) is -2.59. The van der Waals surface area contributed by atoms with Gasteiger partial charge in [-0.1, -0.05) is 52.7 Å². The van der Waals surface area contributed by atoms with Gasteiger partial charge in [0, 0.05) is 4.47 Å². The average Bonchev–Trinajstić information content (AvgIpc) is 2.62. The Morgan fingerprint density at radius 3 is 2.56 bits per heavy atom. The highest BCUT2D eigenvalue weighted by molar-refractivity contribution is 9.10. The normalized spacial score (nSPS) is 19.6. The van der Waals surface area contributed by atoms with Crippen LogP contribution < -0.4 is 0 Å². The Bertz CT molecular complexity index is 825. The summed E-state index contributed by atoms with van der Waals surface area (Å²) < 4.78 is 41.8. The first-order valence-electron chi connectivity index (χ1n) is 8.69. The number of carboxylic acids is 1. The third kappa shape index (κ3) is 4.35. The standard InChI is InChI=1S/C20H19BrF3NO2/c21-14-7-5-6-13(12-14)18(25-11-4-3-10-17(25)19(26)27)15-8-1-2-9-16(15)20(22,23)24/h1-2,5-9,12,17-18H,3-4,10-11H2,(H,26,27). The predicted molar refractivity (Wildman–Crippen MR) is 99.4 cm³/mol. The number of rotatable bonds is 4. The number of carbonyl (C=O) groups is 1. The molecule has 144 valence electrons. The first-order valence-corrected chi connectivity index (χ1v) is 9.48. The molecule has 3 rings (SSSR count). The van der Waals surface area contributed by atoms with Gasteiger partial charge < -0.3 is 5.11 Å². The molecule has 0 aromatic heterocycles. The maximum atomic E-state index is 13.7. The van der Waals surface area contributed by atoms with E-state index in [9.17, 15) is 23.1 Å². The highest BCUT2D eigenvalue weighted by Gasteiger charge is 2.40. The van der Waals surface area contributed by atoms with Crippen molar-refractivity contribution >= 4 is 21.9 Å². The predicted octanol–water partition coefficient (Wildman–Crippen LogP) is 5.50. The lowest BCUT2D eigenvalue weighted by atomic mass is 9.89. The molecule has 2 unspecified atom stereocenters. The van der Waals surface area contributed by atoms with Crippen LogP contribution in [0, 0.1) is 0 Å². The van der Waals surface area contributed by atoms with E-state index >= 15 is 0 Å². The SMILES string of the molecule is O=C(O)C1CCCCN1C(c1cccc(Br)c1)c1ccccc1C(F)(F)F. The first-order chi connectivity index (χ1) is 12.8. The molecule has 0 amide bonds. The quantitative estimate of drug-likeness (QED) is 0.681. The van der Waals surface area contributed by atoms with E-state index in [4.69, 9.17) is 0 Å². The monoisotopic (exact) mass is 441 g/mol. The maximum absolute atomic E-state index is 13.7. The molecule has 0 spiro atoms. The number of halogens is 4. The molecular formula is C20H19BrF3NO2. The van der Waals surface area contributed by atoms with Gasteiger partial charge in [0.1, 0.15) is 6.04 Å². The van der Waals surface area contributed by atoms with E-state index < -0.39 is 29.8 Å². The highest BCUT2D eigenvalue weighted by Crippen LogP contribution is 2.41. The van der Waals surface area contributed by atoms with Crippen LogP contribution in [0.2, 0.25) is 0 Å². The van der Waals surface area contributed by atoms with E-state index in [-0.39, 0.29) is 5.56 Å². The third-order valence-electron chi connectivity index (χ3n) is 4.89. The number of likely N-dealkylation sites (tertiary alicyclic amines) is 1. The molecular weight excluding hydrogens is 423 g/mol. The summed E-state index contributed by atoms with van der Waals surface area (Å²) in [6.45, 7) is 0.431. The van der Waals surface area contributed by atoms with Gasteiger partial charge in [-0.25, -0.2) is 0 Å². The van der Waals surface area contributed by atoms with Gasteiger partial charge in [-0.05, 0) is 48.7 Å². The average molecular weight is 442 g/mol. The van der Waals surface area contributed by atoms with Crippen molar-refractivity contribution in [2.75, 3.05) is 6.54 Å². The molecule has 0 radical (unpaired) electrons. The molecule has 2 aromatic rings. The van der Waals surface area contributed by atoms with E-state index in [0.29, 0.717) is 18.5 Å². The zero-order chi connectivity index (χ0) is 19.6. The summed E-state index contributed by atoms with van der Waals surface area (Å²) in [5.41, 5.74) is -0.0184. The molecule has 1 saturated heterocycles. The molecule has 1 heterocycles. The summed E-state index contributed by atoms with van der Waals surface area (Å²) in [6, 6.07) is 10.9. The van der Waals surface area contributed by atoms with Crippen molar-refractivity contribution < 1.29 is 23.1 Å². The van der Waals surface area contributed by atoms with Crippen LogP contribution in [-0.2, 0) is 11.0 Å². The van der Waals surface area contributed by atoms with Crippen molar-refractivity contribution in [1.82, 2.24) is 4.90 Å². The minimum atomic E-state index is -4.52. The first kappa shape index (κ1) is 19.9. The fourth-order valence-electron chi connectivity index (χ4n) is 3.75.